The molecule has 0 saturated carbocycles. The third kappa shape index (κ3) is 9.68. The molecule has 0 saturated heterocycles. The SMILES string of the molecule is C=CCN1C=CC=C(C)C1.CCOP(=O)(O)OCC. The molecule has 0 spiro atoms. The first-order chi connectivity index (χ1) is 8.95. The molecule has 0 aromatic heterocycles. The summed E-state index contributed by atoms with van der Waals surface area (Å²) in [5.41, 5.74) is 1.41. The van der Waals surface area contributed by atoms with Crippen LogP contribution >= 0.6 is 7.82 Å². The zero-order valence-corrected chi connectivity index (χ0v) is 12.8. The zero-order chi connectivity index (χ0) is 14.7. The lowest BCUT2D eigenvalue weighted by molar-refractivity contribution is 0.161. The molecule has 6 heteroatoms. The van der Waals surface area contributed by atoms with Crippen LogP contribution in [0.2, 0.25) is 0 Å². The molecule has 0 amide bonds. The smallest absolute Gasteiger partial charge is 0.370 e. The normalized spacial score (nSPS) is 14.5. The standard InChI is InChI=1S/C9H13N.C4H11O4P/c1-3-6-10-7-4-5-9(2)8-10;1-3-7-9(5,6)8-4-2/h3-5,7H,1,6,8H2,2H3;3-4H2,1-2H3,(H,5,6). The van der Waals surface area contributed by atoms with Crippen LogP contribution in [0.25, 0.3) is 0 Å². The van der Waals surface area contributed by atoms with Crippen molar-refractivity contribution in [2.45, 2.75) is 20.8 Å². The van der Waals surface area contributed by atoms with Crippen molar-refractivity contribution in [3.05, 3.63) is 36.6 Å². The van der Waals surface area contributed by atoms with Gasteiger partial charge in [0.25, 0.3) is 0 Å². The van der Waals surface area contributed by atoms with Gasteiger partial charge in [-0.15, -0.1) is 6.58 Å². The molecule has 1 aliphatic heterocycles. The van der Waals surface area contributed by atoms with Gasteiger partial charge in [0, 0.05) is 13.1 Å². The fourth-order valence-corrected chi connectivity index (χ4v) is 2.14. The molecule has 5 nitrogen and oxygen atoms in total. The molecule has 0 aromatic carbocycles. The summed E-state index contributed by atoms with van der Waals surface area (Å²) in [5.74, 6) is 0. The van der Waals surface area contributed by atoms with Crippen LogP contribution in [0.15, 0.2) is 36.6 Å². The van der Waals surface area contributed by atoms with E-state index in [0.29, 0.717) is 0 Å². The summed E-state index contributed by atoms with van der Waals surface area (Å²) >= 11 is 0. The number of allylic oxidation sites excluding steroid dienone is 2. The summed E-state index contributed by atoms with van der Waals surface area (Å²) in [4.78, 5) is 10.9. The molecule has 1 aliphatic rings. The van der Waals surface area contributed by atoms with E-state index in [1.54, 1.807) is 13.8 Å². The summed E-state index contributed by atoms with van der Waals surface area (Å²) in [6.07, 6.45) is 8.22. The molecule has 0 atom stereocenters. The number of hydrogen-bond acceptors (Lipinski definition) is 4. The molecule has 110 valence electrons. The minimum atomic E-state index is -3.69. The van der Waals surface area contributed by atoms with E-state index in [4.69, 9.17) is 4.89 Å². The second kappa shape index (κ2) is 9.98. The lowest BCUT2D eigenvalue weighted by atomic mass is 10.2. The Labute approximate surface area is 115 Å². The van der Waals surface area contributed by atoms with Crippen LogP contribution in [-0.4, -0.2) is 36.1 Å². The van der Waals surface area contributed by atoms with Crippen LogP contribution in [0.3, 0.4) is 0 Å². The minimum absolute atomic E-state index is 0.188. The van der Waals surface area contributed by atoms with Gasteiger partial charge >= 0.3 is 7.82 Å². The Bertz CT molecular complexity index is 356. The average Bonchev–Trinajstić information content (AvgIpc) is 2.30. The maximum absolute atomic E-state index is 10.5. The monoisotopic (exact) mass is 289 g/mol. The number of rotatable bonds is 6. The van der Waals surface area contributed by atoms with Crippen LogP contribution in [0.1, 0.15) is 20.8 Å². The van der Waals surface area contributed by atoms with E-state index in [1.807, 2.05) is 6.08 Å². The van der Waals surface area contributed by atoms with E-state index in [2.05, 4.69) is 45.8 Å². The molecule has 0 aliphatic carbocycles. The first kappa shape index (κ1) is 18.1. The quantitative estimate of drug-likeness (QED) is 0.601. The molecule has 1 N–H and O–H groups in total. The van der Waals surface area contributed by atoms with Crippen molar-refractivity contribution in [2.75, 3.05) is 26.3 Å². The van der Waals surface area contributed by atoms with Crippen LogP contribution < -0.4 is 0 Å². The van der Waals surface area contributed by atoms with Crippen molar-refractivity contribution >= 4 is 7.82 Å². The predicted molar refractivity (Wildman–Crippen MR) is 77.7 cm³/mol. The number of hydrogen-bond donors (Lipinski definition) is 1. The van der Waals surface area contributed by atoms with Crippen LogP contribution in [0.5, 0.6) is 0 Å². The van der Waals surface area contributed by atoms with Gasteiger partial charge in [-0.3, -0.25) is 9.05 Å². The second-order valence-corrected chi connectivity index (χ2v) is 5.33. The summed E-state index contributed by atoms with van der Waals surface area (Å²) in [7, 11) is -3.69. The molecule has 0 aromatic rings. The van der Waals surface area contributed by atoms with Crippen LogP contribution in [-0.2, 0) is 13.6 Å². The average molecular weight is 289 g/mol. The Kier molecular flexibility index (Phi) is 9.53. The zero-order valence-electron chi connectivity index (χ0n) is 11.9. The van der Waals surface area contributed by atoms with E-state index < -0.39 is 7.82 Å². The van der Waals surface area contributed by atoms with Crippen molar-refractivity contribution in [3.63, 3.8) is 0 Å². The molecule has 0 unspecified atom stereocenters. The van der Waals surface area contributed by atoms with Gasteiger partial charge in [-0.25, -0.2) is 4.57 Å². The van der Waals surface area contributed by atoms with Gasteiger partial charge < -0.3 is 9.79 Å². The number of nitrogens with zero attached hydrogens (tertiary/aromatic N) is 1. The molecular weight excluding hydrogens is 265 g/mol. The van der Waals surface area contributed by atoms with Gasteiger partial charge in [0.15, 0.2) is 0 Å². The van der Waals surface area contributed by atoms with Crippen LogP contribution in [0, 0.1) is 0 Å². The van der Waals surface area contributed by atoms with Crippen molar-refractivity contribution in [1.29, 1.82) is 0 Å². The largest absolute Gasteiger partial charge is 0.472 e. The maximum Gasteiger partial charge on any atom is 0.472 e. The summed E-state index contributed by atoms with van der Waals surface area (Å²) < 4.78 is 19.2. The Morgan fingerprint density at radius 3 is 2.47 bits per heavy atom. The third-order valence-corrected chi connectivity index (χ3v) is 3.25. The first-order valence-corrected chi connectivity index (χ1v) is 7.75. The molecule has 0 radical (unpaired) electrons. The van der Waals surface area contributed by atoms with E-state index in [-0.39, 0.29) is 13.2 Å². The van der Waals surface area contributed by atoms with E-state index in [1.165, 1.54) is 5.57 Å². The third-order valence-electron chi connectivity index (χ3n) is 2.08. The van der Waals surface area contributed by atoms with Crippen LogP contribution in [0.4, 0.5) is 0 Å². The summed E-state index contributed by atoms with van der Waals surface area (Å²) in [5, 5.41) is 0. The molecule has 1 rings (SSSR count). The minimum Gasteiger partial charge on any atom is -0.370 e. The lowest BCUT2D eigenvalue weighted by Crippen LogP contribution is -2.20. The molecular formula is C13H24NO4P. The van der Waals surface area contributed by atoms with Gasteiger partial charge in [0.2, 0.25) is 0 Å². The number of phosphoric acid groups is 1. The van der Waals surface area contributed by atoms with Gasteiger partial charge in [-0.05, 0) is 33.0 Å². The molecule has 0 fully saturated rings. The van der Waals surface area contributed by atoms with E-state index in [0.717, 1.165) is 13.1 Å². The van der Waals surface area contributed by atoms with Crippen molar-refractivity contribution in [2.24, 2.45) is 0 Å². The Hall–Kier alpha value is -0.870. The second-order valence-electron chi connectivity index (χ2n) is 3.88. The highest BCUT2D eigenvalue weighted by Crippen LogP contribution is 2.42. The maximum atomic E-state index is 10.5. The molecule has 1 heterocycles. The highest BCUT2D eigenvalue weighted by atomic mass is 31.2. The van der Waals surface area contributed by atoms with Gasteiger partial charge in [0.1, 0.15) is 0 Å². The highest BCUT2D eigenvalue weighted by Gasteiger charge is 2.17. The van der Waals surface area contributed by atoms with Gasteiger partial charge in [0.05, 0.1) is 13.2 Å². The van der Waals surface area contributed by atoms with Gasteiger partial charge in [-0.2, -0.15) is 0 Å². The van der Waals surface area contributed by atoms with Gasteiger partial charge in [-0.1, -0.05) is 17.7 Å². The topological polar surface area (TPSA) is 59.0 Å². The summed E-state index contributed by atoms with van der Waals surface area (Å²) in [6, 6.07) is 0. The molecule has 0 bridgehead atoms. The predicted octanol–water partition coefficient (Wildman–Crippen LogP) is 3.11. The van der Waals surface area contributed by atoms with Crippen molar-refractivity contribution < 1.29 is 18.5 Å². The highest BCUT2D eigenvalue weighted by molar-refractivity contribution is 7.47. The Morgan fingerprint density at radius 1 is 1.47 bits per heavy atom. The van der Waals surface area contributed by atoms with Crippen molar-refractivity contribution in [3.8, 4) is 0 Å². The van der Waals surface area contributed by atoms with E-state index in [9.17, 15) is 4.57 Å². The number of phosphoric ester groups is 1. The molecule has 19 heavy (non-hydrogen) atoms. The first-order valence-electron chi connectivity index (χ1n) is 6.26. The van der Waals surface area contributed by atoms with E-state index >= 15 is 0 Å². The van der Waals surface area contributed by atoms with Crippen molar-refractivity contribution in [1.82, 2.24) is 4.90 Å². The fourth-order valence-electron chi connectivity index (χ4n) is 1.41. The summed E-state index contributed by atoms with van der Waals surface area (Å²) in [6.45, 7) is 11.4. The Morgan fingerprint density at radius 2 is 2.05 bits per heavy atom. The fraction of sp³-hybridized carbons (Fsp3) is 0.538. The Balaban J connectivity index is 0.000000344. The lowest BCUT2D eigenvalue weighted by Gasteiger charge is -2.21.